The molecule has 2 nitrogen and oxygen atoms in total. The Kier molecular flexibility index (Phi) is 2.06. The maximum atomic E-state index is 11.8. The van der Waals surface area contributed by atoms with Crippen molar-refractivity contribution in [2.75, 3.05) is 0 Å². The fourth-order valence-electron chi connectivity index (χ4n) is 2.04. The van der Waals surface area contributed by atoms with Crippen molar-refractivity contribution >= 4 is 5.78 Å². The van der Waals surface area contributed by atoms with Crippen molar-refractivity contribution in [2.24, 2.45) is 5.41 Å². The summed E-state index contributed by atoms with van der Waals surface area (Å²) >= 11 is 0. The molecule has 1 unspecified atom stereocenters. The average Bonchev–Trinajstić information content (AvgIpc) is 2.18. The van der Waals surface area contributed by atoms with Gasteiger partial charge in [-0.05, 0) is 19.4 Å². The number of carbonyl (C=O) groups is 1. The quantitative estimate of drug-likeness (QED) is 0.594. The number of Topliss-reactive ketones (excluding diaryl/α,β-unsaturated/α-hetero) is 1. The number of ketones is 1. The zero-order valence-corrected chi connectivity index (χ0v) is 8.38. The lowest BCUT2D eigenvalue weighted by Gasteiger charge is -2.32. The zero-order chi connectivity index (χ0) is 10.2. The van der Waals surface area contributed by atoms with Crippen LogP contribution in [0.1, 0.15) is 26.2 Å². The van der Waals surface area contributed by atoms with Crippen molar-refractivity contribution in [2.45, 2.75) is 26.2 Å². The fourth-order valence-corrected chi connectivity index (χ4v) is 2.04. The molecule has 0 N–H and O–H groups in total. The van der Waals surface area contributed by atoms with Crippen molar-refractivity contribution in [3.8, 4) is 0 Å². The van der Waals surface area contributed by atoms with E-state index in [1.165, 1.54) is 0 Å². The van der Waals surface area contributed by atoms with Gasteiger partial charge in [-0.1, -0.05) is 6.08 Å². The van der Waals surface area contributed by atoms with Gasteiger partial charge in [-0.25, -0.2) is 0 Å². The van der Waals surface area contributed by atoms with Crippen LogP contribution in [0.4, 0.5) is 0 Å². The third kappa shape index (κ3) is 1.22. The summed E-state index contributed by atoms with van der Waals surface area (Å²) in [4.78, 5) is 11.8. The molecular weight excluding hydrogens is 176 g/mol. The highest BCUT2D eigenvalue weighted by Crippen LogP contribution is 2.41. The minimum Gasteiger partial charge on any atom is -0.469 e. The van der Waals surface area contributed by atoms with Crippen LogP contribution < -0.4 is 0 Å². The van der Waals surface area contributed by atoms with Gasteiger partial charge in [0.25, 0.3) is 0 Å². The second-order valence-electron chi connectivity index (χ2n) is 3.98. The number of hydrogen-bond donors (Lipinski definition) is 0. The molecule has 2 aliphatic rings. The van der Waals surface area contributed by atoms with E-state index in [0.717, 1.165) is 24.2 Å². The summed E-state index contributed by atoms with van der Waals surface area (Å²) in [5, 5.41) is 0. The van der Waals surface area contributed by atoms with Crippen LogP contribution in [0.25, 0.3) is 0 Å². The summed E-state index contributed by atoms with van der Waals surface area (Å²) in [6.07, 6.45) is 7.78. The fraction of sp³-hybridized carbons (Fsp3) is 0.417. The highest BCUT2D eigenvalue weighted by molar-refractivity contribution is 5.98. The molecule has 2 rings (SSSR count). The van der Waals surface area contributed by atoms with Gasteiger partial charge in [0, 0.05) is 23.8 Å². The normalized spacial score (nSPS) is 31.1. The molecule has 2 heteroatoms. The van der Waals surface area contributed by atoms with Crippen LogP contribution in [0.5, 0.6) is 0 Å². The molecule has 0 saturated carbocycles. The third-order valence-electron chi connectivity index (χ3n) is 2.95. The van der Waals surface area contributed by atoms with Gasteiger partial charge in [-0.2, -0.15) is 0 Å². The summed E-state index contributed by atoms with van der Waals surface area (Å²) in [6.45, 7) is 5.79. The lowest BCUT2D eigenvalue weighted by atomic mass is 9.75. The first-order chi connectivity index (χ1) is 6.67. The summed E-state index contributed by atoms with van der Waals surface area (Å²) in [5.41, 5.74) is 0.478. The Morgan fingerprint density at radius 3 is 3.07 bits per heavy atom. The highest BCUT2D eigenvalue weighted by atomic mass is 16.5. The van der Waals surface area contributed by atoms with Crippen molar-refractivity contribution < 1.29 is 9.53 Å². The highest BCUT2D eigenvalue weighted by Gasteiger charge is 2.36. The van der Waals surface area contributed by atoms with Crippen molar-refractivity contribution in [3.63, 3.8) is 0 Å². The molecule has 74 valence electrons. The van der Waals surface area contributed by atoms with E-state index >= 15 is 0 Å². The molecular formula is C12H14O2. The Bertz CT molecular complexity index is 349. The molecule has 1 heterocycles. The van der Waals surface area contributed by atoms with Crippen molar-refractivity contribution in [1.29, 1.82) is 0 Å². The van der Waals surface area contributed by atoms with E-state index in [-0.39, 0.29) is 11.2 Å². The maximum Gasteiger partial charge on any atom is 0.163 e. The van der Waals surface area contributed by atoms with E-state index in [1.807, 2.05) is 19.1 Å². The van der Waals surface area contributed by atoms with Crippen LogP contribution in [-0.2, 0) is 9.53 Å². The third-order valence-corrected chi connectivity index (χ3v) is 2.95. The van der Waals surface area contributed by atoms with Crippen LogP contribution >= 0.6 is 0 Å². The Labute approximate surface area is 83.9 Å². The van der Waals surface area contributed by atoms with E-state index < -0.39 is 0 Å². The van der Waals surface area contributed by atoms with Gasteiger partial charge in [-0.3, -0.25) is 4.79 Å². The van der Waals surface area contributed by atoms with Gasteiger partial charge in [0.1, 0.15) is 5.76 Å². The molecule has 1 aliphatic heterocycles. The topological polar surface area (TPSA) is 26.3 Å². The van der Waals surface area contributed by atoms with E-state index in [4.69, 9.17) is 4.74 Å². The summed E-state index contributed by atoms with van der Waals surface area (Å²) in [5.74, 6) is 1.05. The summed E-state index contributed by atoms with van der Waals surface area (Å²) in [7, 11) is 0. The lowest BCUT2D eigenvalue weighted by molar-refractivity contribution is -0.117. The standard InChI is InChI=1S/C12H14O2/c1-3-12(2)7-8-14-10-6-4-5-9(13)11(10)12/h3,7-8H,1,4-6H2,2H3. The number of rotatable bonds is 1. The van der Waals surface area contributed by atoms with E-state index in [1.54, 1.807) is 6.26 Å². The van der Waals surface area contributed by atoms with E-state index in [2.05, 4.69) is 6.58 Å². The first kappa shape index (κ1) is 9.25. The largest absolute Gasteiger partial charge is 0.469 e. The molecule has 1 aliphatic carbocycles. The molecule has 14 heavy (non-hydrogen) atoms. The Morgan fingerprint density at radius 2 is 2.36 bits per heavy atom. The molecule has 0 radical (unpaired) electrons. The average molecular weight is 190 g/mol. The van der Waals surface area contributed by atoms with E-state index in [9.17, 15) is 4.79 Å². The zero-order valence-electron chi connectivity index (χ0n) is 8.38. The van der Waals surface area contributed by atoms with Gasteiger partial charge >= 0.3 is 0 Å². The summed E-state index contributed by atoms with van der Waals surface area (Å²) < 4.78 is 5.38. The van der Waals surface area contributed by atoms with Gasteiger partial charge < -0.3 is 4.74 Å². The SMILES string of the molecule is C=CC1(C)C=COC2=C1C(=O)CCC2. The molecule has 0 aromatic carbocycles. The van der Waals surface area contributed by atoms with Crippen LogP contribution in [0, 0.1) is 5.41 Å². The Morgan fingerprint density at radius 1 is 1.57 bits per heavy atom. The van der Waals surface area contributed by atoms with Gasteiger partial charge in [0.2, 0.25) is 0 Å². The Hall–Kier alpha value is -1.31. The second kappa shape index (κ2) is 3.12. The first-order valence-electron chi connectivity index (χ1n) is 4.92. The minimum absolute atomic E-state index is 0.206. The maximum absolute atomic E-state index is 11.8. The first-order valence-corrected chi connectivity index (χ1v) is 4.92. The molecule has 0 bridgehead atoms. The van der Waals surface area contributed by atoms with Crippen LogP contribution in [-0.4, -0.2) is 5.78 Å². The molecule has 0 amide bonds. The smallest absolute Gasteiger partial charge is 0.163 e. The van der Waals surface area contributed by atoms with Crippen LogP contribution in [0.2, 0.25) is 0 Å². The molecule has 0 aromatic heterocycles. The predicted octanol–water partition coefficient (Wildman–Crippen LogP) is 2.73. The number of ether oxygens (including phenoxy) is 1. The molecule has 0 fully saturated rings. The molecule has 1 atom stereocenters. The molecule has 0 aromatic rings. The summed E-state index contributed by atoms with van der Waals surface area (Å²) in [6, 6.07) is 0. The van der Waals surface area contributed by atoms with Crippen molar-refractivity contribution in [1.82, 2.24) is 0 Å². The number of hydrogen-bond acceptors (Lipinski definition) is 2. The lowest BCUT2D eigenvalue weighted by Crippen LogP contribution is -2.27. The number of allylic oxidation sites excluding steroid dienone is 4. The predicted molar refractivity (Wildman–Crippen MR) is 54.4 cm³/mol. The van der Waals surface area contributed by atoms with Gasteiger partial charge in [0.05, 0.1) is 6.26 Å². The second-order valence-corrected chi connectivity index (χ2v) is 3.98. The van der Waals surface area contributed by atoms with Gasteiger partial charge in [-0.15, -0.1) is 6.58 Å². The van der Waals surface area contributed by atoms with Crippen LogP contribution in [0.15, 0.2) is 36.3 Å². The monoisotopic (exact) mass is 190 g/mol. The van der Waals surface area contributed by atoms with Crippen molar-refractivity contribution in [3.05, 3.63) is 36.3 Å². The van der Waals surface area contributed by atoms with Crippen LogP contribution in [0.3, 0.4) is 0 Å². The minimum atomic E-state index is -0.328. The van der Waals surface area contributed by atoms with E-state index in [0.29, 0.717) is 6.42 Å². The molecule has 0 spiro atoms. The Balaban J connectivity index is 2.50. The van der Waals surface area contributed by atoms with Gasteiger partial charge in [0.15, 0.2) is 5.78 Å². The number of carbonyl (C=O) groups excluding carboxylic acids is 1. The molecule has 0 saturated heterocycles.